The maximum atomic E-state index is 11.3. The highest BCUT2D eigenvalue weighted by atomic mass is 16.5. The van der Waals surface area contributed by atoms with E-state index in [-0.39, 0.29) is 5.91 Å². The summed E-state index contributed by atoms with van der Waals surface area (Å²) in [5, 5.41) is 6.13. The number of amides is 1. The minimum atomic E-state index is 0.131. The molecule has 4 nitrogen and oxygen atoms in total. The molecule has 0 aromatic rings. The molecule has 1 saturated heterocycles. The molecule has 1 fully saturated rings. The zero-order valence-corrected chi connectivity index (χ0v) is 9.01. The summed E-state index contributed by atoms with van der Waals surface area (Å²) in [6.45, 7) is 7.26. The lowest BCUT2D eigenvalue weighted by atomic mass is 10.2. The molecular weight excluding hydrogens is 180 g/mol. The molecule has 4 heteroatoms. The van der Waals surface area contributed by atoms with E-state index in [9.17, 15) is 4.79 Å². The van der Waals surface area contributed by atoms with Crippen molar-refractivity contribution in [1.29, 1.82) is 0 Å². The Balaban J connectivity index is 1.91. The molecule has 0 bridgehead atoms. The average molecular weight is 200 g/mol. The summed E-state index contributed by atoms with van der Waals surface area (Å²) in [6, 6.07) is 0.466. The van der Waals surface area contributed by atoms with Gasteiger partial charge in [-0.25, -0.2) is 0 Å². The molecule has 1 amide bonds. The highest BCUT2D eigenvalue weighted by molar-refractivity contribution is 5.76. The zero-order chi connectivity index (χ0) is 10.4. The molecule has 1 aliphatic rings. The molecule has 82 valence electrons. The molecule has 0 aromatic heterocycles. The molecule has 14 heavy (non-hydrogen) atoms. The first-order valence-corrected chi connectivity index (χ1v) is 5.26. The Morgan fingerprint density at radius 3 is 2.71 bits per heavy atom. The van der Waals surface area contributed by atoms with Crippen LogP contribution in [0.4, 0.5) is 0 Å². The van der Waals surface area contributed by atoms with E-state index in [0.29, 0.717) is 18.4 Å². The van der Waals surface area contributed by atoms with Crippen molar-refractivity contribution in [1.82, 2.24) is 10.6 Å². The van der Waals surface area contributed by atoms with Crippen molar-refractivity contribution in [3.8, 4) is 0 Å². The van der Waals surface area contributed by atoms with Crippen LogP contribution in [0.15, 0.2) is 0 Å². The molecule has 0 spiro atoms. The van der Waals surface area contributed by atoms with Crippen LogP contribution in [0.25, 0.3) is 0 Å². The largest absolute Gasteiger partial charge is 0.378 e. The lowest BCUT2D eigenvalue weighted by Crippen LogP contribution is -2.47. The summed E-state index contributed by atoms with van der Waals surface area (Å²) in [6.07, 6.45) is 0.559. The minimum Gasteiger partial charge on any atom is -0.378 e. The zero-order valence-electron chi connectivity index (χ0n) is 9.01. The molecule has 0 unspecified atom stereocenters. The maximum Gasteiger partial charge on any atom is 0.221 e. The van der Waals surface area contributed by atoms with Crippen LogP contribution in [0.1, 0.15) is 20.3 Å². The Hall–Kier alpha value is -0.610. The average Bonchev–Trinajstić information content (AvgIpc) is 2.06. The van der Waals surface area contributed by atoms with Gasteiger partial charge in [-0.1, -0.05) is 13.8 Å². The Morgan fingerprint density at radius 1 is 1.50 bits per heavy atom. The van der Waals surface area contributed by atoms with Crippen molar-refractivity contribution in [3.63, 3.8) is 0 Å². The quantitative estimate of drug-likeness (QED) is 0.641. The van der Waals surface area contributed by atoms with Gasteiger partial charge in [0.15, 0.2) is 0 Å². The number of hydrogen-bond donors (Lipinski definition) is 2. The maximum absolute atomic E-state index is 11.3. The van der Waals surface area contributed by atoms with Crippen LogP contribution in [-0.4, -0.2) is 38.3 Å². The van der Waals surface area contributed by atoms with Crippen LogP contribution in [0, 0.1) is 5.92 Å². The molecule has 1 rings (SSSR count). The van der Waals surface area contributed by atoms with Crippen molar-refractivity contribution in [2.24, 2.45) is 5.92 Å². The molecule has 1 aliphatic heterocycles. The number of rotatable bonds is 6. The van der Waals surface area contributed by atoms with Gasteiger partial charge in [-0.05, 0) is 5.92 Å². The predicted octanol–water partition coefficient (Wildman–Crippen LogP) is 0.137. The van der Waals surface area contributed by atoms with Crippen molar-refractivity contribution in [2.75, 3.05) is 26.3 Å². The third-order valence-corrected chi connectivity index (χ3v) is 2.13. The molecular formula is C10H20N2O2. The fourth-order valence-corrected chi connectivity index (χ4v) is 1.15. The molecule has 0 aromatic carbocycles. The molecule has 2 N–H and O–H groups in total. The third kappa shape index (κ3) is 4.58. The molecule has 0 atom stereocenters. The Labute approximate surface area is 85.4 Å². The predicted molar refractivity (Wildman–Crippen MR) is 55.1 cm³/mol. The lowest BCUT2D eigenvalue weighted by Gasteiger charge is -2.26. The summed E-state index contributed by atoms with van der Waals surface area (Å²) < 4.78 is 5.01. The van der Waals surface area contributed by atoms with Crippen LogP contribution in [0.3, 0.4) is 0 Å². The number of ether oxygens (including phenoxy) is 1. The van der Waals surface area contributed by atoms with Crippen LogP contribution in [0.5, 0.6) is 0 Å². The van der Waals surface area contributed by atoms with Gasteiger partial charge in [-0.3, -0.25) is 4.79 Å². The van der Waals surface area contributed by atoms with Gasteiger partial charge in [0.25, 0.3) is 0 Å². The summed E-state index contributed by atoms with van der Waals surface area (Å²) >= 11 is 0. The summed E-state index contributed by atoms with van der Waals surface area (Å²) in [5.41, 5.74) is 0. The molecule has 0 saturated carbocycles. The fourth-order valence-electron chi connectivity index (χ4n) is 1.15. The van der Waals surface area contributed by atoms with Gasteiger partial charge < -0.3 is 15.4 Å². The highest BCUT2D eigenvalue weighted by Crippen LogP contribution is 1.98. The number of carbonyl (C=O) groups is 1. The first-order chi connectivity index (χ1) is 6.68. The second kappa shape index (κ2) is 5.98. The lowest BCUT2D eigenvalue weighted by molar-refractivity contribution is -0.121. The van der Waals surface area contributed by atoms with Gasteiger partial charge in [-0.2, -0.15) is 0 Å². The van der Waals surface area contributed by atoms with E-state index in [0.717, 1.165) is 26.3 Å². The first kappa shape index (κ1) is 11.5. The highest BCUT2D eigenvalue weighted by Gasteiger charge is 2.17. The van der Waals surface area contributed by atoms with Crippen LogP contribution < -0.4 is 10.6 Å². The summed E-state index contributed by atoms with van der Waals surface area (Å²) in [4.78, 5) is 11.3. The Morgan fingerprint density at radius 2 is 2.21 bits per heavy atom. The normalized spacial score (nSPS) is 16.8. The second-order valence-electron chi connectivity index (χ2n) is 4.14. The van der Waals surface area contributed by atoms with Crippen LogP contribution >= 0.6 is 0 Å². The van der Waals surface area contributed by atoms with Crippen LogP contribution in [0.2, 0.25) is 0 Å². The SMILES string of the molecule is CC(C)CNC(=O)CCNC1COC1. The van der Waals surface area contributed by atoms with Crippen molar-refractivity contribution < 1.29 is 9.53 Å². The van der Waals surface area contributed by atoms with E-state index in [4.69, 9.17) is 4.74 Å². The Kier molecular flexibility index (Phi) is 4.90. The number of hydrogen-bond acceptors (Lipinski definition) is 3. The topological polar surface area (TPSA) is 50.4 Å². The van der Waals surface area contributed by atoms with Gasteiger partial charge in [0.2, 0.25) is 5.91 Å². The van der Waals surface area contributed by atoms with E-state index in [1.165, 1.54) is 0 Å². The smallest absolute Gasteiger partial charge is 0.221 e. The minimum absolute atomic E-state index is 0.131. The molecule has 0 radical (unpaired) electrons. The number of nitrogens with one attached hydrogen (secondary N) is 2. The summed E-state index contributed by atoms with van der Waals surface area (Å²) in [5.74, 6) is 0.651. The van der Waals surface area contributed by atoms with E-state index in [2.05, 4.69) is 24.5 Å². The second-order valence-corrected chi connectivity index (χ2v) is 4.14. The van der Waals surface area contributed by atoms with E-state index in [1.807, 2.05) is 0 Å². The van der Waals surface area contributed by atoms with Gasteiger partial charge >= 0.3 is 0 Å². The standard InChI is InChI=1S/C10H20N2O2/c1-8(2)5-12-10(13)3-4-11-9-6-14-7-9/h8-9,11H,3-7H2,1-2H3,(H,12,13). The number of carbonyl (C=O) groups excluding carboxylic acids is 1. The molecule has 0 aliphatic carbocycles. The third-order valence-electron chi connectivity index (χ3n) is 2.13. The van der Waals surface area contributed by atoms with Crippen molar-refractivity contribution in [2.45, 2.75) is 26.3 Å². The van der Waals surface area contributed by atoms with Gasteiger partial charge in [-0.15, -0.1) is 0 Å². The Bertz CT molecular complexity index is 179. The van der Waals surface area contributed by atoms with E-state index < -0.39 is 0 Å². The summed E-state index contributed by atoms with van der Waals surface area (Å²) in [7, 11) is 0. The molecule has 1 heterocycles. The van der Waals surface area contributed by atoms with E-state index in [1.54, 1.807) is 0 Å². The van der Waals surface area contributed by atoms with Crippen molar-refractivity contribution in [3.05, 3.63) is 0 Å². The first-order valence-electron chi connectivity index (χ1n) is 5.26. The van der Waals surface area contributed by atoms with Gasteiger partial charge in [0, 0.05) is 19.5 Å². The monoisotopic (exact) mass is 200 g/mol. The fraction of sp³-hybridized carbons (Fsp3) is 0.900. The van der Waals surface area contributed by atoms with Gasteiger partial charge in [0.05, 0.1) is 19.3 Å². The van der Waals surface area contributed by atoms with Crippen molar-refractivity contribution >= 4 is 5.91 Å². The van der Waals surface area contributed by atoms with Crippen LogP contribution in [-0.2, 0) is 9.53 Å². The van der Waals surface area contributed by atoms with Gasteiger partial charge in [0.1, 0.15) is 0 Å². The van der Waals surface area contributed by atoms with E-state index >= 15 is 0 Å².